The monoisotopic (exact) mass is 275 g/mol. The fourth-order valence-electron chi connectivity index (χ4n) is 1.36. The summed E-state index contributed by atoms with van der Waals surface area (Å²) < 4.78 is 5.98. The third kappa shape index (κ3) is 2.27. The standard InChI is InChI=1S/C9H10BrNO2S/c10-8-2-1-7(14-8)3-4-11-5-6-13-9(11)12/h1-2H,3-6H2. The Labute approximate surface area is 94.8 Å². The van der Waals surface area contributed by atoms with Gasteiger partial charge < -0.3 is 9.64 Å². The number of thiophene rings is 1. The lowest BCUT2D eigenvalue weighted by atomic mass is 10.3. The van der Waals surface area contributed by atoms with Crippen molar-refractivity contribution in [3.63, 3.8) is 0 Å². The van der Waals surface area contributed by atoms with Gasteiger partial charge in [-0.1, -0.05) is 0 Å². The Bertz CT molecular complexity index is 339. The summed E-state index contributed by atoms with van der Waals surface area (Å²) in [5.74, 6) is 0. The van der Waals surface area contributed by atoms with E-state index in [0.717, 1.165) is 23.3 Å². The van der Waals surface area contributed by atoms with Crippen LogP contribution < -0.4 is 0 Å². The number of carbonyl (C=O) groups excluding carboxylic acids is 1. The van der Waals surface area contributed by atoms with Crippen LogP contribution in [0.4, 0.5) is 4.79 Å². The Hall–Kier alpha value is -0.550. The van der Waals surface area contributed by atoms with Crippen LogP contribution in [0.2, 0.25) is 0 Å². The summed E-state index contributed by atoms with van der Waals surface area (Å²) in [5.41, 5.74) is 0. The maximum absolute atomic E-state index is 11.1. The Morgan fingerprint density at radius 1 is 1.57 bits per heavy atom. The molecule has 0 aliphatic carbocycles. The van der Waals surface area contributed by atoms with Gasteiger partial charge in [0.15, 0.2) is 0 Å². The molecule has 14 heavy (non-hydrogen) atoms. The van der Waals surface area contributed by atoms with E-state index < -0.39 is 0 Å². The van der Waals surface area contributed by atoms with Gasteiger partial charge in [0.2, 0.25) is 0 Å². The first-order valence-corrected chi connectivity index (χ1v) is 6.02. The molecule has 2 rings (SSSR count). The molecule has 1 fully saturated rings. The van der Waals surface area contributed by atoms with Crippen molar-refractivity contribution in [3.05, 3.63) is 20.8 Å². The predicted octanol–water partition coefficient (Wildman–Crippen LogP) is 2.51. The number of nitrogens with zero attached hydrogens (tertiary/aromatic N) is 1. The summed E-state index contributed by atoms with van der Waals surface area (Å²) in [6.07, 6.45) is 0.728. The van der Waals surface area contributed by atoms with Gasteiger partial charge in [0.25, 0.3) is 0 Å². The van der Waals surface area contributed by atoms with Crippen molar-refractivity contribution in [2.75, 3.05) is 19.7 Å². The molecule has 1 amide bonds. The zero-order valence-electron chi connectivity index (χ0n) is 7.53. The smallest absolute Gasteiger partial charge is 0.409 e. The fraction of sp³-hybridized carbons (Fsp3) is 0.444. The molecule has 0 saturated carbocycles. The van der Waals surface area contributed by atoms with Crippen molar-refractivity contribution in [2.24, 2.45) is 0 Å². The summed E-state index contributed by atoms with van der Waals surface area (Å²) in [7, 11) is 0. The average molecular weight is 276 g/mol. The topological polar surface area (TPSA) is 29.5 Å². The fourth-order valence-corrected chi connectivity index (χ4v) is 2.83. The molecule has 0 atom stereocenters. The molecule has 76 valence electrons. The molecule has 1 aromatic heterocycles. The largest absolute Gasteiger partial charge is 0.448 e. The summed E-state index contributed by atoms with van der Waals surface area (Å²) in [6, 6.07) is 4.11. The molecule has 0 N–H and O–H groups in total. The summed E-state index contributed by atoms with van der Waals surface area (Å²) in [5, 5.41) is 0. The van der Waals surface area contributed by atoms with Crippen LogP contribution in [-0.2, 0) is 11.2 Å². The quantitative estimate of drug-likeness (QED) is 0.849. The Balaban J connectivity index is 1.85. The van der Waals surface area contributed by atoms with Crippen LogP contribution in [0.25, 0.3) is 0 Å². The SMILES string of the molecule is O=C1OCCN1CCc1ccc(Br)s1. The van der Waals surface area contributed by atoms with E-state index >= 15 is 0 Å². The van der Waals surface area contributed by atoms with Gasteiger partial charge in [-0.15, -0.1) is 11.3 Å². The summed E-state index contributed by atoms with van der Waals surface area (Å²) in [4.78, 5) is 14.1. The van der Waals surface area contributed by atoms with Crippen molar-refractivity contribution in [3.8, 4) is 0 Å². The van der Waals surface area contributed by atoms with E-state index in [1.165, 1.54) is 4.88 Å². The maximum Gasteiger partial charge on any atom is 0.409 e. The van der Waals surface area contributed by atoms with E-state index in [0.29, 0.717) is 6.61 Å². The normalized spacial score (nSPS) is 16.1. The molecule has 1 aromatic rings. The molecule has 0 aromatic carbocycles. The molecule has 1 saturated heterocycles. The van der Waals surface area contributed by atoms with E-state index in [1.807, 2.05) is 6.07 Å². The van der Waals surface area contributed by atoms with Crippen molar-refractivity contribution in [2.45, 2.75) is 6.42 Å². The van der Waals surface area contributed by atoms with Gasteiger partial charge in [-0.25, -0.2) is 4.79 Å². The molecular weight excluding hydrogens is 266 g/mol. The number of rotatable bonds is 3. The maximum atomic E-state index is 11.1. The minimum absolute atomic E-state index is 0.180. The average Bonchev–Trinajstić information content (AvgIpc) is 2.72. The van der Waals surface area contributed by atoms with Crippen LogP contribution in [0.3, 0.4) is 0 Å². The first kappa shape index (κ1) is 9.98. The Kier molecular flexibility index (Phi) is 3.08. The van der Waals surface area contributed by atoms with Crippen LogP contribution >= 0.6 is 27.3 Å². The van der Waals surface area contributed by atoms with E-state index in [2.05, 4.69) is 22.0 Å². The lowest BCUT2D eigenvalue weighted by Crippen LogP contribution is -2.26. The molecule has 0 unspecified atom stereocenters. The zero-order valence-corrected chi connectivity index (χ0v) is 9.94. The lowest BCUT2D eigenvalue weighted by molar-refractivity contribution is 0.159. The highest BCUT2D eigenvalue weighted by Crippen LogP contribution is 2.22. The molecule has 2 heterocycles. The highest BCUT2D eigenvalue weighted by Gasteiger charge is 2.21. The van der Waals surface area contributed by atoms with Gasteiger partial charge in [0.1, 0.15) is 6.61 Å². The van der Waals surface area contributed by atoms with Gasteiger partial charge in [0, 0.05) is 11.4 Å². The molecule has 0 radical (unpaired) electrons. The second kappa shape index (κ2) is 4.31. The Morgan fingerprint density at radius 3 is 3.00 bits per heavy atom. The number of ether oxygens (including phenoxy) is 1. The third-order valence-electron chi connectivity index (χ3n) is 2.10. The molecule has 0 bridgehead atoms. The van der Waals surface area contributed by atoms with Crippen molar-refractivity contribution < 1.29 is 9.53 Å². The molecule has 3 nitrogen and oxygen atoms in total. The number of amides is 1. The van der Waals surface area contributed by atoms with Crippen LogP contribution in [0.5, 0.6) is 0 Å². The number of hydrogen-bond donors (Lipinski definition) is 0. The second-order valence-corrected chi connectivity index (χ2v) is 5.60. The van der Waals surface area contributed by atoms with Gasteiger partial charge in [-0.3, -0.25) is 0 Å². The van der Waals surface area contributed by atoms with Crippen LogP contribution in [-0.4, -0.2) is 30.7 Å². The number of carbonyl (C=O) groups is 1. The van der Waals surface area contributed by atoms with Gasteiger partial charge in [-0.05, 0) is 34.5 Å². The molecule has 1 aliphatic rings. The van der Waals surface area contributed by atoms with E-state index in [4.69, 9.17) is 4.74 Å². The molecule has 0 spiro atoms. The summed E-state index contributed by atoms with van der Waals surface area (Å²) in [6.45, 7) is 2.02. The molecule has 5 heteroatoms. The van der Waals surface area contributed by atoms with Crippen LogP contribution in [0.1, 0.15) is 4.88 Å². The van der Waals surface area contributed by atoms with Crippen LogP contribution in [0, 0.1) is 0 Å². The predicted molar refractivity (Wildman–Crippen MR) is 58.6 cm³/mol. The summed E-state index contributed by atoms with van der Waals surface area (Å²) >= 11 is 5.12. The zero-order chi connectivity index (χ0) is 9.97. The number of hydrogen-bond acceptors (Lipinski definition) is 3. The van der Waals surface area contributed by atoms with Crippen molar-refractivity contribution >= 4 is 33.4 Å². The third-order valence-corrected chi connectivity index (χ3v) is 3.79. The molecular formula is C9H10BrNO2S. The first-order valence-electron chi connectivity index (χ1n) is 4.41. The number of cyclic esters (lactones) is 1. The highest BCUT2D eigenvalue weighted by atomic mass is 79.9. The van der Waals surface area contributed by atoms with E-state index in [1.54, 1.807) is 16.2 Å². The van der Waals surface area contributed by atoms with Gasteiger partial charge in [0.05, 0.1) is 10.3 Å². The highest BCUT2D eigenvalue weighted by molar-refractivity contribution is 9.11. The Morgan fingerprint density at radius 2 is 2.43 bits per heavy atom. The number of halogens is 1. The minimum Gasteiger partial charge on any atom is -0.448 e. The minimum atomic E-state index is -0.180. The lowest BCUT2D eigenvalue weighted by Gasteiger charge is -2.10. The second-order valence-electron chi connectivity index (χ2n) is 3.06. The first-order chi connectivity index (χ1) is 6.75. The van der Waals surface area contributed by atoms with E-state index in [-0.39, 0.29) is 6.09 Å². The van der Waals surface area contributed by atoms with Crippen LogP contribution in [0.15, 0.2) is 15.9 Å². The van der Waals surface area contributed by atoms with E-state index in [9.17, 15) is 4.79 Å². The van der Waals surface area contributed by atoms with Gasteiger partial charge in [-0.2, -0.15) is 0 Å². The van der Waals surface area contributed by atoms with Crippen molar-refractivity contribution in [1.29, 1.82) is 0 Å². The molecule has 1 aliphatic heterocycles. The van der Waals surface area contributed by atoms with Crippen molar-refractivity contribution in [1.82, 2.24) is 4.90 Å². The van der Waals surface area contributed by atoms with Gasteiger partial charge >= 0.3 is 6.09 Å².